The zero-order chi connectivity index (χ0) is 18.6. The van der Waals surface area contributed by atoms with E-state index in [1.54, 1.807) is 0 Å². The van der Waals surface area contributed by atoms with Crippen LogP contribution in [0.5, 0.6) is 0 Å². The monoisotopic (exact) mass is 373 g/mol. The first-order valence-electron chi connectivity index (χ1n) is 10.1. The highest BCUT2D eigenvalue weighted by atomic mass is 15.3. The van der Waals surface area contributed by atoms with E-state index in [1.807, 2.05) is 23.0 Å². The molecule has 0 radical (unpaired) electrons. The fourth-order valence-electron chi connectivity index (χ4n) is 5.00. The number of benzene rings is 1. The third-order valence-corrected chi connectivity index (χ3v) is 6.51. The van der Waals surface area contributed by atoms with Gasteiger partial charge in [-0.15, -0.1) is 0 Å². The van der Waals surface area contributed by atoms with Gasteiger partial charge in [-0.25, -0.2) is 4.98 Å². The van der Waals surface area contributed by atoms with Gasteiger partial charge in [0, 0.05) is 29.0 Å². The molecule has 7 nitrogen and oxygen atoms in total. The van der Waals surface area contributed by atoms with Crippen LogP contribution in [0.1, 0.15) is 36.1 Å². The van der Waals surface area contributed by atoms with E-state index in [1.165, 1.54) is 36.1 Å². The maximum absolute atomic E-state index is 5.06. The highest BCUT2D eigenvalue weighted by Gasteiger charge is 2.42. The van der Waals surface area contributed by atoms with Crippen LogP contribution < -0.4 is 10.6 Å². The van der Waals surface area contributed by atoms with E-state index in [4.69, 9.17) is 4.98 Å². The minimum atomic E-state index is 0.235. The predicted molar refractivity (Wildman–Crippen MR) is 109 cm³/mol. The Bertz CT molecular complexity index is 1170. The van der Waals surface area contributed by atoms with E-state index >= 15 is 0 Å². The molecule has 0 amide bonds. The molecule has 142 valence electrons. The quantitative estimate of drug-likeness (QED) is 0.514. The number of hydrogen-bond donors (Lipinski definition) is 3. The number of nitrogens with one attached hydrogen (secondary N) is 3. The zero-order valence-corrected chi connectivity index (χ0v) is 15.7. The Kier molecular flexibility index (Phi) is 3.46. The van der Waals surface area contributed by atoms with Crippen molar-refractivity contribution in [3.63, 3.8) is 0 Å². The Balaban J connectivity index is 1.40. The first kappa shape index (κ1) is 16.1. The third kappa shape index (κ3) is 2.36. The number of piperidine rings is 1. The van der Waals surface area contributed by atoms with Gasteiger partial charge in [0.05, 0.1) is 23.6 Å². The Morgan fingerprint density at radius 1 is 1.14 bits per heavy atom. The number of nitrogens with zero attached hydrogens (tertiary/aromatic N) is 4. The molecule has 2 aliphatic rings. The van der Waals surface area contributed by atoms with Crippen molar-refractivity contribution in [2.45, 2.75) is 37.6 Å². The lowest BCUT2D eigenvalue weighted by molar-refractivity contribution is 0.301. The van der Waals surface area contributed by atoms with Gasteiger partial charge in [0.25, 0.3) is 0 Å². The van der Waals surface area contributed by atoms with E-state index in [0.717, 1.165) is 48.4 Å². The Hall–Kier alpha value is -2.93. The molecule has 1 fully saturated rings. The molecule has 6 rings (SSSR count). The van der Waals surface area contributed by atoms with E-state index in [9.17, 15) is 0 Å². The molecule has 0 bridgehead atoms. The van der Waals surface area contributed by atoms with Crippen molar-refractivity contribution >= 4 is 22.4 Å². The number of hydrogen-bond acceptors (Lipinski definition) is 5. The molecule has 7 heteroatoms. The largest absolute Gasteiger partial charge is 0.366 e. The van der Waals surface area contributed by atoms with Gasteiger partial charge in [0.15, 0.2) is 5.65 Å². The lowest BCUT2D eigenvalue weighted by atomic mass is 9.77. The second-order valence-electron chi connectivity index (χ2n) is 8.06. The van der Waals surface area contributed by atoms with Crippen LogP contribution >= 0.6 is 0 Å². The molecule has 0 atom stereocenters. The topological polar surface area (TPSA) is 82.9 Å². The predicted octanol–water partition coefficient (Wildman–Crippen LogP) is 2.79. The molecule has 1 spiro atoms. The number of fused-ring (bicyclic) bond motifs is 4. The molecule has 1 aliphatic carbocycles. The molecule has 0 unspecified atom stereocenters. The third-order valence-electron chi connectivity index (χ3n) is 6.51. The smallest absolute Gasteiger partial charge is 0.157 e. The van der Waals surface area contributed by atoms with Crippen molar-refractivity contribution in [1.29, 1.82) is 0 Å². The number of rotatable bonds is 3. The summed E-state index contributed by atoms with van der Waals surface area (Å²) in [4.78, 5) is 5.06. The summed E-state index contributed by atoms with van der Waals surface area (Å²) in [6, 6.07) is 8.42. The molecule has 1 aliphatic heterocycles. The van der Waals surface area contributed by atoms with Gasteiger partial charge in [0.2, 0.25) is 0 Å². The number of aromatic amines is 1. The summed E-state index contributed by atoms with van der Waals surface area (Å²) >= 11 is 0. The van der Waals surface area contributed by atoms with Crippen molar-refractivity contribution in [2.24, 2.45) is 0 Å². The first-order valence-corrected chi connectivity index (χ1v) is 10.1. The Morgan fingerprint density at radius 3 is 3.00 bits per heavy atom. The highest BCUT2D eigenvalue weighted by Crippen LogP contribution is 2.46. The second-order valence-corrected chi connectivity index (χ2v) is 8.06. The highest BCUT2D eigenvalue weighted by molar-refractivity contribution is 5.78. The van der Waals surface area contributed by atoms with Crippen LogP contribution in [-0.4, -0.2) is 37.9 Å². The van der Waals surface area contributed by atoms with Crippen molar-refractivity contribution in [2.75, 3.05) is 18.4 Å². The maximum Gasteiger partial charge on any atom is 0.157 e. The molecular weight excluding hydrogens is 350 g/mol. The minimum Gasteiger partial charge on any atom is -0.366 e. The fourth-order valence-corrected chi connectivity index (χ4v) is 5.00. The van der Waals surface area contributed by atoms with Crippen LogP contribution in [0.3, 0.4) is 0 Å². The van der Waals surface area contributed by atoms with E-state index in [-0.39, 0.29) is 5.41 Å². The maximum atomic E-state index is 5.06. The lowest BCUT2D eigenvalue weighted by Crippen LogP contribution is -2.39. The standard InChI is InChI=1S/C21H23N7/c1-2-17-15(13-24-27-17)11-14(1)12-23-20-16-3-5-21(6-9-22-10-7-21)19(16)26-18-4-8-25-28(18)20/h1-2,4,8,11,13,22-23H,3,5-7,9-10,12H2,(H,24,27). The molecule has 1 aromatic carbocycles. The summed E-state index contributed by atoms with van der Waals surface area (Å²) in [7, 11) is 0. The van der Waals surface area contributed by atoms with Crippen LogP contribution in [0.25, 0.3) is 16.6 Å². The van der Waals surface area contributed by atoms with Gasteiger partial charge >= 0.3 is 0 Å². The average Bonchev–Trinajstić information content (AvgIpc) is 3.45. The number of H-pyrrole nitrogens is 1. The molecule has 1 saturated heterocycles. The molecule has 3 aromatic heterocycles. The summed E-state index contributed by atoms with van der Waals surface area (Å²) in [5.41, 5.74) is 6.12. The normalized spacial score (nSPS) is 18.1. The van der Waals surface area contributed by atoms with Crippen LogP contribution in [0.4, 0.5) is 5.82 Å². The number of anilines is 1. The van der Waals surface area contributed by atoms with Crippen LogP contribution in [0.2, 0.25) is 0 Å². The van der Waals surface area contributed by atoms with Crippen LogP contribution in [-0.2, 0) is 18.4 Å². The summed E-state index contributed by atoms with van der Waals surface area (Å²) < 4.78 is 1.97. The summed E-state index contributed by atoms with van der Waals surface area (Å²) in [6.45, 7) is 2.92. The molecule has 4 aromatic rings. The van der Waals surface area contributed by atoms with E-state index < -0.39 is 0 Å². The van der Waals surface area contributed by atoms with Crippen LogP contribution in [0.15, 0.2) is 36.7 Å². The van der Waals surface area contributed by atoms with Crippen molar-refractivity contribution in [3.8, 4) is 0 Å². The number of aromatic nitrogens is 5. The summed E-state index contributed by atoms with van der Waals surface area (Å²) in [6.07, 6.45) is 8.33. The van der Waals surface area contributed by atoms with Crippen molar-refractivity contribution in [1.82, 2.24) is 30.1 Å². The Labute approximate surface area is 162 Å². The zero-order valence-electron chi connectivity index (χ0n) is 15.7. The minimum absolute atomic E-state index is 0.235. The van der Waals surface area contributed by atoms with Crippen molar-refractivity contribution < 1.29 is 0 Å². The van der Waals surface area contributed by atoms with Gasteiger partial charge in [-0.05, 0) is 56.5 Å². The first-order chi connectivity index (χ1) is 13.8. The average molecular weight is 373 g/mol. The lowest BCUT2D eigenvalue weighted by Gasteiger charge is -2.34. The van der Waals surface area contributed by atoms with Gasteiger partial charge in [-0.2, -0.15) is 14.7 Å². The van der Waals surface area contributed by atoms with Gasteiger partial charge in [0.1, 0.15) is 5.82 Å². The SMILES string of the molecule is c1cc2nc3c(c(NCc4ccc5[nH]ncc5c4)n2n1)CCC31CCNCC1. The molecule has 28 heavy (non-hydrogen) atoms. The summed E-state index contributed by atoms with van der Waals surface area (Å²) in [5.74, 6) is 1.10. The molecule has 0 saturated carbocycles. The van der Waals surface area contributed by atoms with Gasteiger partial charge < -0.3 is 10.6 Å². The van der Waals surface area contributed by atoms with Crippen molar-refractivity contribution in [3.05, 3.63) is 53.5 Å². The van der Waals surface area contributed by atoms with Gasteiger partial charge in [-0.1, -0.05) is 6.07 Å². The van der Waals surface area contributed by atoms with Crippen LogP contribution in [0, 0.1) is 0 Å². The van der Waals surface area contributed by atoms with E-state index in [2.05, 4.69) is 44.1 Å². The molecule has 3 N–H and O–H groups in total. The Morgan fingerprint density at radius 2 is 2.07 bits per heavy atom. The fraction of sp³-hybridized carbons (Fsp3) is 0.381. The molecular formula is C21H23N7. The summed E-state index contributed by atoms with van der Waals surface area (Å²) in [5, 5.41) is 20.0. The molecule has 4 heterocycles. The van der Waals surface area contributed by atoms with Gasteiger partial charge in [-0.3, -0.25) is 5.10 Å². The van der Waals surface area contributed by atoms with E-state index in [0.29, 0.717) is 0 Å². The second kappa shape index (κ2) is 6.04.